The molecule has 2 rings (SSSR count). The van der Waals surface area contributed by atoms with Crippen LogP contribution in [0.3, 0.4) is 0 Å². The summed E-state index contributed by atoms with van der Waals surface area (Å²) in [5.74, 6) is 1.76. The first-order chi connectivity index (χ1) is 9.30. The molecule has 0 radical (unpaired) electrons. The molecule has 0 spiro atoms. The Morgan fingerprint density at radius 2 is 2.11 bits per heavy atom. The van der Waals surface area contributed by atoms with E-state index in [0.29, 0.717) is 0 Å². The summed E-state index contributed by atoms with van der Waals surface area (Å²) in [5.41, 5.74) is 1.39. The molecule has 1 unspecified atom stereocenters. The van der Waals surface area contributed by atoms with E-state index in [0.717, 1.165) is 18.1 Å². The highest BCUT2D eigenvalue weighted by atomic mass is 16.5. The summed E-state index contributed by atoms with van der Waals surface area (Å²) in [6, 6.07) is 8.41. The van der Waals surface area contributed by atoms with Gasteiger partial charge in [0.1, 0.15) is 5.75 Å². The molecule has 1 atom stereocenters. The Bertz CT molecular complexity index is 373. The van der Waals surface area contributed by atoms with Crippen LogP contribution in [0.25, 0.3) is 0 Å². The summed E-state index contributed by atoms with van der Waals surface area (Å²) in [7, 11) is 5.48. The minimum Gasteiger partial charge on any atom is -0.497 e. The van der Waals surface area contributed by atoms with Gasteiger partial charge in [0.05, 0.1) is 7.11 Å². The Morgan fingerprint density at radius 3 is 2.74 bits per heavy atom. The van der Waals surface area contributed by atoms with Gasteiger partial charge in [0.2, 0.25) is 0 Å². The molecule has 1 aromatic rings. The maximum absolute atomic E-state index is 5.23. The Kier molecular flexibility index (Phi) is 7.99. The Labute approximate surface area is 117 Å². The number of benzene rings is 1. The van der Waals surface area contributed by atoms with E-state index in [1.165, 1.54) is 31.2 Å². The molecular weight excluding hydrogens is 234 g/mol. The molecule has 0 aromatic heterocycles. The predicted molar refractivity (Wildman–Crippen MR) is 82.8 cm³/mol. The van der Waals surface area contributed by atoms with Crippen LogP contribution in [-0.4, -0.2) is 21.2 Å². The molecular formula is C17H27NO. The minimum absolute atomic E-state index is 0.792. The van der Waals surface area contributed by atoms with Crippen molar-refractivity contribution in [3.8, 4) is 5.75 Å². The maximum Gasteiger partial charge on any atom is 0.119 e. The second kappa shape index (κ2) is 9.62. The summed E-state index contributed by atoms with van der Waals surface area (Å²) >= 11 is 0. The molecule has 0 heterocycles. The van der Waals surface area contributed by atoms with Crippen LogP contribution in [0.1, 0.15) is 31.2 Å². The standard InChI is InChI=1S/C15H20O.C2H7N/c1-16-15-9-5-8-14(12-15)11-10-13-6-3-2-4-7-13;1-3-2/h3,5-6,8-9,12-13H,2,4,7,10-11H2,1H3;3H,1-2H3. The minimum atomic E-state index is 0.792. The number of rotatable bonds is 4. The summed E-state index contributed by atoms with van der Waals surface area (Å²) in [4.78, 5) is 0. The van der Waals surface area contributed by atoms with E-state index in [1.807, 2.05) is 20.2 Å². The van der Waals surface area contributed by atoms with Crippen molar-refractivity contribution < 1.29 is 4.74 Å². The SMILES string of the molecule is CNC.COc1cccc(CCC2C=CCCC2)c1. The molecule has 2 nitrogen and oxygen atoms in total. The topological polar surface area (TPSA) is 21.3 Å². The van der Waals surface area contributed by atoms with Crippen molar-refractivity contribution in [3.05, 3.63) is 42.0 Å². The second-order valence-electron chi connectivity index (χ2n) is 5.01. The Hall–Kier alpha value is -1.28. The second-order valence-corrected chi connectivity index (χ2v) is 5.01. The van der Waals surface area contributed by atoms with E-state index in [-0.39, 0.29) is 0 Å². The number of ether oxygens (including phenoxy) is 1. The van der Waals surface area contributed by atoms with E-state index in [1.54, 1.807) is 7.11 Å². The van der Waals surface area contributed by atoms with Gasteiger partial charge in [-0.05, 0) is 69.8 Å². The zero-order chi connectivity index (χ0) is 13.9. The van der Waals surface area contributed by atoms with Gasteiger partial charge in [-0.3, -0.25) is 0 Å². The molecule has 0 fully saturated rings. The van der Waals surface area contributed by atoms with E-state index < -0.39 is 0 Å². The van der Waals surface area contributed by atoms with Gasteiger partial charge in [0, 0.05) is 0 Å². The summed E-state index contributed by atoms with van der Waals surface area (Å²) in [6.45, 7) is 0. The molecule has 0 amide bonds. The molecule has 2 heteroatoms. The zero-order valence-electron chi connectivity index (χ0n) is 12.5. The number of methoxy groups -OCH3 is 1. The highest BCUT2D eigenvalue weighted by Crippen LogP contribution is 2.23. The molecule has 0 saturated heterocycles. The monoisotopic (exact) mass is 261 g/mol. The first kappa shape index (κ1) is 15.8. The lowest BCUT2D eigenvalue weighted by Crippen LogP contribution is -2.02. The van der Waals surface area contributed by atoms with Crippen LogP contribution in [0.15, 0.2) is 36.4 Å². The van der Waals surface area contributed by atoms with Gasteiger partial charge in [0.25, 0.3) is 0 Å². The van der Waals surface area contributed by atoms with Crippen molar-refractivity contribution in [3.63, 3.8) is 0 Å². The third-order valence-corrected chi connectivity index (χ3v) is 3.29. The van der Waals surface area contributed by atoms with Crippen molar-refractivity contribution in [2.45, 2.75) is 32.1 Å². The van der Waals surface area contributed by atoms with Gasteiger partial charge in [-0.2, -0.15) is 0 Å². The fraction of sp³-hybridized carbons (Fsp3) is 0.529. The van der Waals surface area contributed by atoms with Crippen molar-refractivity contribution in [2.75, 3.05) is 21.2 Å². The van der Waals surface area contributed by atoms with Gasteiger partial charge in [-0.25, -0.2) is 0 Å². The van der Waals surface area contributed by atoms with Crippen LogP contribution in [-0.2, 0) is 6.42 Å². The first-order valence-electron chi connectivity index (χ1n) is 7.18. The number of nitrogens with one attached hydrogen (secondary N) is 1. The van der Waals surface area contributed by atoms with Crippen LogP contribution < -0.4 is 10.1 Å². The molecule has 0 bridgehead atoms. The molecule has 1 aliphatic carbocycles. The van der Waals surface area contributed by atoms with Crippen LogP contribution in [0, 0.1) is 5.92 Å². The van der Waals surface area contributed by atoms with Crippen molar-refractivity contribution >= 4 is 0 Å². The molecule has 1 aromatic carbocycles. The predicted octanol–water partition coefficient (Wildman–Crippen LogP) is 3.82. The molecule has 1 N–H and O–H groups in total. The van der Waals surface area contributed by atoms with Gasteiger partial charge in [0.15, 0.2) is 0 Å². The lowest BCUT2D eigenvalue weighted by Gasteiger charge is -2.16. The largest absolute Gasteiger partial charge is 0.497 e. The molecule has 19 heavy (non-hydrogen) atoms. The van der Waals surface area contributed by atoms with Gasteiger partial charge < -0.3 is 10.1 Å². The summed E-state index contributed by atoms with van der Waals surface area (Å²) in [6.07, 6.45) is 11.1. The van der Waals surface area contributed by atoms with Crippen LogP contribution in [0.4, 0.5) is 0 Å². The third-order valence-electron chi connectivity index (χ3n) is 3.29. The fourth-order valence-corrected chi connectivity index (χ4v) is 2.30. The van der Waals surface area contributed by atoms with E-state index in [4.69, 9.17) is 4.74 Å². The van der Waals surface area contributed by atoms with E-state index in [2.05, 4.69) is 35.7 Å². The summed E-state index contributed by atoms with van der Waals surface area (Å²) in [5, 5.41) is 2.75. The zero-order valence-corrected chi connectivity index (χ0v) is 12.5. The lowest BCUT2D eigenvalue weighted by molar-refractivity contribution is 0.414. The molecule has 0 saturated carbocycles. The first-order valence-corrected chi connectivity index (χ1v) is 7.18. The van der Waals surface area contributed by atoms with Gasteiger partial charge >= 0.3 is 0 Å². The molecule has 0 aliphatic heterocycles. The van der Waals surface area contributed by atoms with Crippen molar-refractivity contribution in [1.82, 2.24) is 5.32 Å². The van der Waals surface area contributed by atoms with Gasteiger partial charge in [-0.1, -0.05) is 24.3 Å². The average Bonchev–Trinajstić information content (AvgIpc) is 2.47. The lowest BCUT2D eigenvalue weighted by atomic mass is 9.90. The fourth-order valence-electron chi connectivity index (χ4n) is 2.30. The number of allylic oxidation sites excluding steroid dienone is 2. The number of hydrogen-bond donors (Lipinski definition) is 1. The van der Waals surface area contributed by atoms with Crippen molar-refractivity contribution in [1.29, 1.82) is 0 Å². The molecule has 106 valence electrons. The Balaban J connectivity index is 0.000000550. The van der Waals surface area contributed by atoms with Gasteiger partial charge in [-0.15, -0.1) is 0 Å². The highest BCUT2D eigenvalue weighted by Gasteiger charge is 2.08. The smallest absolute Gasteiger partial charge is 0.119 e. The van der Waals surface area contributed by atoms with E-state index >= 15 is 0 Å². The average molecular weight is 261 g/mol. The van der Waals surface area contributed by atoms with Crippen molar-refractivity contribution in [2.24, 2.45) is 5.92 Å². The third kappa shape index (κ3) is 6.44. The highest BCUT2D eigenvalue weighted by molar-refractivity contribution is 5.28. The van der Waals surface area contributed by atoms with Crippen LogP contribution in [0.2, 0.25) is 0 Å². The van der Waals surface area contributed by atoms with Crippen LogP contribution in [0.5, 0.6) is 5.75 Å². The normalized spacial score (nSPS) is 17.5. The number of aryl methyl sites for hydroxylation is 1. The summed E-state index contributed by atoms with van der Waals surface area (Å²) < 4.78 is 5.23. The quantitative estimate of drug-likeness (QED) is 0.832. The number of hydrogen-bond acceptors (Lipinski definition) is 2. The van der Waals surface area contributed by atoms with Crippen LogP contribution >= 0.6 is 0 Å². The molecule has 1 aliphatic rings. The van der Waals surface area contributed by atoms with E-state index in [9.17, 15) is 0 Å². The Morgan fingerprint density at radius 1 is 1.32 bits per heavy atom. The maximum atomic E-state index is 5.23.